The summed E-state index contributed by atoms with van der Waals surface area (Å²) in [6.45, 7) is 3.70. The Bertz CT molecular complexity index is 350. The van der Waals surface area contributed by atoms with E-state index in [4.69, 9.17) is 0 Å². The number of hydrogen-bond acceptors (Lipinski definition) is 2. The molecule has 0 fully saturated rings. The van der Waals surface area contributed by atoms with E-state index in [1.807, 2.05) is 13.8 Å². The summed E-state index contributed by atoms with van der Waals surface area (Å²) in [6, 6.07) is 1.66. The molecule has 5 heteroatoms. The molecule has 0 bridgehead atoms. The van der Waals surface area contributed by atoms with Crippen molar-refractivity contribution >= 4 is 12.9 Å². The smallest absolute Gasteiger partial charge is 0.321 e. The van der Waals surface area contributed by atoms with Gasteiger partial charge in [0.15, 0.2) is 0 Å². The average molecular weight is 215 g/mol. The van der Waals surface area contributed by atoms with Gasteiger partial charge in [0.2, 0.25) is 0 Å². The second-order valence-electron chi connectivity index (χ2n) is 3.02. The van der Waals surface area contributed by atoms with Gasteiger partial charge in [0, 0.05) is 6.20 Å². The summed E-state index contributed by atoms with van der Waals surface area (Å²) >= 11 is 0. The van der Waals surface area contributed by atoms with Crippen LogP contribution in [-0.2, 0) is 17.4 Å². The topological polar surface area (TPSA) is 70.4 Å². The highest BCUT2D eigenvalue weighted by Gasteiger charge is 2.24. The van der Waals surface area contributed by atoms with E-state index in [1.165, 1.54) is 0 Å². The molecular weight excluding hydrogens is 201 g/mol. The summed E-state index contributed by atoms with van der Waals surface area (Å²) in [5.41, 5.74) is 1.18. The third-order valence-corrected chi connectivity index (χ3v) is 3.22. The highest BCUT2D eigenvalue weighted by atomic mass is 31.2. The molecule has 0 saturated heterocycles. The zero-order chi connectivity index (χ0) is 10.8. The number of aromatic nitrogens is 1. The van der Waals surface area contributed by atoms with Gasteiger partial charge >= 0.3 is 7.60 Å². The monoisotopic (exact) mass is 215 g/mol. The summed E-state index contributed by atoms with van der Waals surface area (Å²) in [7, 11) is -4.19. The minimum atomic E-state index is -4.19. The van der Waals surface area contributed by atoms with Crippen molar-refractivity contribution in [2.24, 2.45) is 0 Å². The molecule has 1 aromatic heterocycles. The van der Waals surface area contributed by atoms with E-state index >= 15 is 0 Å². The highest BCUT2D eigenvalue weighted by Crippen LogP contribution is 2.36. The highest BCUT2D eigenvalue weighted by molar-refractivity contribution is 7.60. The zero-order valence-electron chi connectivity index (χ0n) is 8.27. The van der Waals surface area contributed by atoms with Gasteiger partial charge in [-0.15, -0.1) is 0 Å². The lowest BCUT2D eigenvalue weighted by molar-refractivity contribution is 0.386. The second-order valence-corrected chi connectivity index (χ2v) is 4.55. The standard InChI is InChI=1S/C9H14NO3P/c1-3-7-5-6-10-8(4-2)9(7)14(11,12)13/h5-6H,3-4H2,1-2H3,(H2,11,12,13). The first kappa shape index (κ1) is 11.4. The van der Waals surface area contributed by atoms with Crippen molar-refractivity contribution in [3.05, 3.63) is 23.5 Å². The fourth-order valence-electron chi connectivity index (χ4n) is 1.44. The largest absolute Gasteiger partial charge is 0.358 e. The fraction of sp³-hybridized carbons (Fsp3) is 0.444. The molecule has 0 aromatic carbocycles. The van der Waals surface area contributed by atoms with Crippen LogP contribution < -0.4 is 5.30 Å². The molecule has 0 aliphatic carbocycles. The molecular formula is C9H14NO3P. The molecule has 0 aliphatic heterocycles. The third kappa shape index (κ3) is 2.21. The molecule has 1 heterocycles. The van der Waals surface area contributed by atoms with Gasteiger partial charge in [0.05, 0.1) is 11.0 Å². The molecule has 4 nitrogen and oxygen atoms in total. The molecule has 1 aromatic rings. The van der Waals surface area contributed by atoms with Crippen LogP contribution in [0.4, 0.5) is 0 Å². The Kier molecular flexibility index (Phi) is 3.43. The molecule has 1 rings (SSSR count). The Morgan fingerprint density at radius 2 is 2.00 bits per heavy atom. The van der Waals surface area contributed by atoms with Crippen LogP contribution in [0.15, 0.2) is 12.3 Å². The van der Waals surface area contributed by atoms with E-state index in [-0.39, 0.29) is 5.30 Å². The summed E-state index contributed by atoms with van der Waals surface area (Å²) in [5, 5.41) is 0.116. The van der Waals surface area contributed by atoms with Crippen molar-refractivity contribution < 1.29 is 14.4 Å². The van der Waals surface area contributed by atoms with Crippen LogP contribution in [0.3, 0.4) is 0 Å². The van der Waals surface area contributed by atoms with Crippen molar-refractivity contribution in [3.63, 3.8) is 0 Å². The molecule has 0 radical (unpaired) electrons. The fourth-order valence-corrected chi connectivity index (χ4v) is 2.60. The lowest BCUT2D eigenvalue weighted by atomic mass is 10.1. The summed E-state index contributed by atoms with van der Waals surface area (Å²) in [5.74, 6) is 0. The van der Waals surface area contributed by atoms with Gasteiger partial charge in [-0.25, -0.2) is 0 Å². The molecule has 0 aliphatic rings. The molecule has 2 N–H and O–H groups in total. The first-order valence-electron chi connectivity index (χ1n) is 4.53. The predicted octanol–water partition coefficient (Wildman–Crippen LogP) is 1.01. The van der Waals surface area contributed by atoms with Gasteiger partial charge in [-0.3, -0.25) is 9.55 Å². The molecule has 78 valence electrons. The Morgan fingerprint density at radius 3 is 2.43 bits per heavy atom. The summed E-state index contributed by atoms with van der Waals surface area (Å²) < 4.78 is 11.2. The normalized spacial score (nSPS) is 11.7. The van der Waals surface area contributed by atoms with E-state index in [1.54, 1.807) is 12.3 Å². The minimum absolute atomic E-state index is 0.116. The second kappa shape index (κ2) is 4.22. The average Bonchev–Trinajstić information content (AvgIpc) is 2.15. The molecule has 0 atom stereocenters. The number of rotatable bonds is 3. The number of hydrogen-bond donors (Lipinski definition) is 2. The minimum Gasteiger partial charge on any atom is -0.321 e. The maximum Gasteiger partial charge on any atom is 0.358 e. The SMILES string of the molecule is CCc1ccnc(CC)c1P(=O)(O)O. The van der Waals surface area contributed by atoms with Crippen LogP contribution in [0.1, 0.15) is 25.1 Å². The zero-order valence-corrected chi connectivity index (χ0v) is 9.16. The van der Waals surface area contributed by atoms with Crippen LogP contribution in [0.2, 0.25) is 0 Å². The molecule has 14 heavy (non-hydrogen) atoms. The van der Waals surface area contributed by atoms with E-state index in [0.29, 0.717) is 24.1 Å². The van der Waals surface area contributed by atoms with Crippen molar-refractivity contribution in [2.45, 2.75) is 26.7 Å². The van der Waals surface area contributed by atoms with Crippen LogP contribution in [0, 0.1) is 0 Å². The van der Waals surface area contributed by atoms with Gasteiger partial charge in [0.25, 0.3) is 0 Å². The molecule has 0 amide bonds. The predicted molar refractivity (Wildman–Crippen MR) is 54.7 cm³/mol. The molecule has 0 spiro atoms. The van der Waals surface area contributed by atoms with Crippen LogP contribution in [0.25, 0.3) is 0 Å². The Hall–Kier alpha value is -0.700. The van der Waals surface area contributed by atoms with Gasteiger partial charge < -0.3 is 9.79 Å². The Morgan fingerprint density at radius 1 is 1.36 bits per heavy atom. The van der Waals surface area contributed by atoms with Gasteiger partial charge in [-0.2, -0.15) is 0 Å². The number of aryl methyl sites for hydroxylation is 2. The van der Waals surface area contributed by atoms with Crippen LogP contribution in [0.5, 0.6) is 0 Å². The summed E-state index contributed by atoms with van der Waals surface area (Å²) in [4.78, 5) is 22.3. The van der Waals surface area contributed by atoms with Gasteiger partial charge in [-0.05, 0) is 24.5 Å². The van der Waals surface area contributed by atoms with Crippen LogP contribution in [-0.4, -0.2) is 14.8 Å². The number of nitrogens with zero attached hydrogens (tertiary/aromatic N) is 1. The lowest BCUT2D eigenvalue weighted by Gasteiger charge is -2.12. The van der Waals surface area contributed by atoms with Crippen LogP contribution >= 0.6 is 7.60 Å². The van der Waals surface area contributed by atoms with E-state index in [0.717, 1.165) is 0 Å². The quantitative estimate of drug-likeness (QED) is 0.738. The van der Waals surface area contributed by atoms with E-state index in [2.05, 4.69) is 4.98 Å². The molecule has 0 saturated carbocycles. The Labute approximate surface area is 83.2 Å². The first-order valence-corrected chi connectivity index (χ1v) is 6.14. The number of pyridine rings is 1. The van der Waals surface area contributed by atoms with E-state index in [9.17, 15) is 14.4 Å². The van der Waals surface area contributed by atoms with Gasteiger partial charge in [-0.1, -0.05) is 13.8 Å². The molecule has 0 unspecified atom stereocenters. The maximum absolute atomic E-state index is 11.2. The lowest BCUT2D eigenvalue weighted by Crippen LogP contribution is -2.17. The van der Waals surface area contributed by atoms with Crippen molar-refractivity contribution in [1.82, 2.24) is 4.98 Å². The summed E-state index contributed by atoms with van der Waals surface area (Å²) in [6.07, 6.45) is 2.74. The van der Waals surface area contributed by atoms with Gasteiger partial charge in [0.1, 0.15) is 0 Å². The first-order chi connectivity index (χ1) is 6.50. The van der Waals surface area contributed by atoms with E-state index < -0.39 is 7.60 Å². The van der Waals surface area contributed by atoms with Crippen molar-refractivity contribution in [3.8, 4) is 0 Å². The van der Waals surface area contributed by atoms with Crippen molar-refractivity contribution in [1.29, 1.82) is 0 Å². The Balaban J connectivity index is 3.42. The maximum atomic E-state index is 11.2. The third-order valence-electron chi connectivity index (χ3n) is 2.09. The van der Waals surface area contributed by atoms with Crippen molar-refractivity contribution in [2.75, 3.05) is 0 Å².